The summed E-state index contributed by atoms with van der Waals surface area (Å²) in [5, 5.41) is 0. The van der Waals surface area contributed by atoms with E-state index in [2.05, 4.69) is 94.4 Å². The summed E-state index contributed by atoms with van der Waals surface area (Å²) < 4.78 is 6.70. The zero-order chi connectivity index (χ0) is 19.8. The van der Waals surface area contributed by atoms with Gasteiger partial charge in [-0.05, 0) is 0 Å². The van der Waals surface area contributed by atoms with Crippen molar-refractivity contribution in [3.05, 3.63) is 81.9 Å². The van der Waals surface area contributed by atoms with Crippen LogP contribution in [0.1, 0.15) is 50.3 Å². The molecule has 142 valence electrons. The second kappa shape index (κ2) is 4.87. The molecular formula is C24H28Cl2Zr. The van der Waals surface area contributed by atoms with Crippen LogP contribution in [-0.2, 0) is 12.9 Å². The van der Waals surface area contributed by atoms with Gasteiger partial charge in [-0.3, -0.25) is 0 Å². The van der Waals surface area contributed by atoms with Gasteiger partial charge in [-0.15, -0.1) is 0 Å². The molecule has 0 heterocycles. The first-order valence-electron chi connectivity index (χ1n) is 9.79. The molecule has 0 spiro atoms. The third kappa shape index (κ3) is 2.41. The van der Waals surface area contributed by atoms with E-state index in [4.69, 9.17) is 17.0 Å². The molecule has 0 aromatic heterocycles. The monoisotopic (exact) mass is 476 g/mol. The Morgan fingerprint density at radius 2 is 1.11 bits per heavy atom. The van der Waals surface area contributed by atoms with Crippen molar-refractivity contribution in [1.29, 1.82) is 0 Å². The number of hydrogen-bond acceptors (Lipinski definition) is 0. The van der Waals surface area contributed by atoms with Crippen LogP contribution < -0.4 is 0 Å². The maximum atomic E-state index is 8.17. The fraction of sp³-hybridized carbons (Fsp3) is 0.292. The molecule has 2 aliphatic rings. The van der Waals surface area contributed by atoms with Gasteiger partial charge in [0.15, 0.2) is 0 Å². The molecule has 2 aromatic rings. The summed E-state index contributed by atoms with van der Waals surface area (Å²) in [6, 6.07) is 17.1. The molecule has 4 rings (SSSR count). The van der Waals surface area contributed by atoms with Crippen LogP contribution in [0.15, 0.2) is 59.7 Å². The van der Waals surface area contributed by atoms with E-state index in [0.29, 0.717) is 0 Å². The van der Waals surface area contributed by atoms with E-state index in [0.717, 1.165) is 0 Å². The SMILES string of the molecule is C[CH]=[Zr]([CH3])([CH3])([Cl])([Cl])([CH]1C(C)=Cc2ccccc21)[CH]1C(C)=Cc2ccccc21. The molecule has 2 aromatic carbocycles. The van der Waals surface area contributed by atoms with Gasteiger partial charge in [0.2, 0.25) is 0 Å². The van der Waals surface area contributed by atoms with Gasteiger partial charge >= 0.3 is 165 Å². The molecule has 0 amide bonds. The zero-order valence-electron chi connectivity index (χ0n) is 16.8. The van der Waals surface area contributed by atoms with Crippen molar-refractivity contribution in [2.75, 3.05) is 0 Å². The third-order valence-corrected chi connectivity index (χ3v) is 35.8. The Bertz CT molecular complexity index is 1090. The van der Waals surface area contributed by atoms with Gasteiger partial charge in [-0.25, -0.2) is 0 Å². The quantitative estimate of drug-likeness (QED) is 0.407. The van der Waals surface area contributed by atoms with E-state index in [1.165, 1.54) is 33.4 Å². The molecule has 0 aliphatic heterocycles. The third-order valence-electron chi connectivity index (χ3n) is 7.68. The van der Waals surface area contributed by atoms with Crippen molar-refractivity contribution < 1.29 is 12.9 Å². The van der Waals surface area contributed by atoms with E-state index in [9.17, 15) is 0 Å². The Balaban J connectivity index is 2.16. The topological polar surface area (TPSA) is 0 Å². The van der Waals surface area contributed by atoms with Crippen LogP contribution in [0.3, 0.4) is 0 Å². The molecule has 0 saturated heterocycles. The van der Waals surface area contributed by atoms with Gasteiger partial charge in [0.25, 0.3) is 0 Å². The molecule has 0 nitrogen and oxygen atoms in total. The van der Waals surface area contributed by atoms with E-state index in [-0.39, 0.29) is 7.25 Å². The van der Waals surface area contributed by atoms with Crippen molar-refractivity contribution in [1.82, 2.24) is 0 Å². The second-order valence-electron chi connectivity index (χ2n) is 10.4. The van der Waals surface area contributed by atoms with E-state index in [1.807, 2.05) is 0 Å². The molecule has 0 N–H and O–H groups in total. The maximum absolute atomic E-state index is 8.17. The van der Waals surface area contributed by atoms with Crippen LogP contribution in [-0.4, -0.2) is 3.71 Å². The summed E-state index contributed by atoms with van der Waals surface area (Å²) in [7, 11) is 16.3. The molecule has 2 aliphatic carbocycles. The van der Waals surface area contributed by atoms with Crippen LogP contribution in [0, 0.1) is 0 Å². The summed E-state index contributed by atoms with van der Waals surface area (Å²) in [4.78, 5) is 0. The first kappa shape index (κ1) is 19.6. The molecule has 0 fully saturated rings. The van der Waals surface area contributed by atoms with Crippen molar-refractivity contribution in [2.45, 2.75) is 37.3 Å². The summed E-state index contributed by atoms with van der Waals surface area (Å²) in [6.45, 7) is 6.47. The van der Waals surface area contributed by atoms with Crippen molar-refractivity contribution in [3.8, 4) is 0 Å². The zero-order valence-corrected chi connectivity index (χ0v) is 20.7. The minimum atomic E-state index is -5.63. The first-order chi connectivity index (χ1) is 12.3. The molecule has 0 bridgehead atoms. The normalized spacial score (nSPS) is 25.2. The molecule has 0 radical (unpaired) electrons. The average molecular weight is 479 g/mol. The van der Waals surface area contributed by atoms with Gasteiger partial charge in [0.1, 0.15) is 0 Å². The second-order valence-corrected chi connectivity index (χ2v) is 55.4. The average Bonchev–Trinajstić information content (AvgIpc) is 3.11. The molecule has 3 heteroatoms. The number of benzene rings is 2. The van der Waals surface area contributed by atoms with Crippen molar-refractivity contribution in [3.63, 3.8) is 0 Å². The van der Waals surface area contributed by atoms with Crippen LogP contribution in [0.2, 0.25) is 9.26 Å². The molecule has 0 saturated carbocycles. The van der Waals surface area contributed by atoms with Gasteiger partial charge in [-0.2, -0.15) is 0 Å². The fourth-order valence-corrected chi connectivity index (χ4v) is 32.2. The number of hydrogen-bond donors (Lipinski definition) is 0. The molecular weight excluding hydrogens is 450 g/mol. The van der Waals surface area contributed by atoms with Crippen molar-refractivity contribution in [2.24, 2.45) is 0 Å². The van der Waals surface area contributed by atoms with Crippen LogP contribution in [0.5, 0.6) is 0 Å². The number of halogens is 2. The van der Waals surface area contributed by atoms with Gasteiger partial charge in [0, 0.05) is 0 Å². The Morgan fingerprint density at radius 3 is 1.48 bits per heavy atom. The minimum absolute atomic E-state index is 0.00535. The van der Waals surface area contributed by atoms with Gasteiger partial charge in [-0.1, -0.05) is 0 Å². The standard InChI is InChI=1S/2C10H9.C2H4.2CH3.2ClH.Zr/c2*1-8-6-9-4-2-3-5-10(9)7-8;1-2;;;;;/h2*2-7H,1H3;1H,2H3;2*1H3;2*1H;/q;;;;;;;+2/p-2. The summed E-state index contributed by atoms with van der Waals surface area (Å²) in [5.41, 5.74) is 7.55. The fourth-order valence-electron chi connectivity index (χ4n) is 6.46. The summed E-state index contributed by atoms with van der Waals surface area (Å²) >= 11 is -5.63. The number of allylic oxidation sites excluding steroid dienone is 2. The van der Waals surface area contributed by atoms with E-state index >= 15 is 0 Å². The van der Waals surface area contributed by atoms with Crippen molar-refractivity contribution >= 4 is 32.9 Å². The predicted octanol–water partition coefficient (Wildman–Crippen LogP) is 8.29. The van der Waals surface area contributed by atoms with Crippen LogP contribution >= 0.6 is 17.0 Å². The molecule has 27 heavy (non-hydrogen) atoms. The Labute approximate surface area is 164 Å². The Hall–Kier alpha value is -0.747. The number of rotatable bonds is 2. The Kier molecular flexibility index (Phi) is 3.53. The summed E-state index contributed by atoms with van der Waals surface area (Å²) in [6.07, 6.45) is 4.54. The van der Waals surface area contributed by atoms with Gasteiger partial charge in [0.05, 0.1) is 0 Å². The number of fused-ring (bicyclic) bond motifs is 2. The van der Waals surface area contributed by atoms with Gasteiger partial charge < -0.3 is 0 Å². The van der Waals surface area contributed by atoms with E-state index in [1.54, 1.807) is 0 Å². The predicted molar refractivity (Wildman–Crippen MR) is 121 cm³/mol. The summed E-state index contributed by atoms with van der Waals surface area (Å²) in [5.74, 6) is 0. The van der Waals surface area contributed by atoms with Crippen LogP contribution in [0.25, 0.3) is 12.2 Å². The first-order valence-corrected chi connectivity index (χ1v) is 25.3. The Morgan fingerprint density at radius 1 is 0.741 bits per heavy atom. The molecule has 2 unspecified atom stereocenters. The van der Waals surface area contributed by atoms with E-state index < -0.39 is 12.9 Å². The molecule has 2 atom stereocenters. The van der Waals surface area contributed by atoms with Crippen LogP contribution in [0.4, 0.5) is 0 Å².